The van der Waals surface area contributed by atoms with Gasteiger partial charge in [-0.25, -0.2) is 9.48 Å². The maximum atomic E-state index is 13.8. The van der Waals surface area contributed by atoms with Crippen LogP contribution in [0.15, 0.2) is 6.20 Å². The highest BCUT2D eigenvalue weighted by Gasteiger charge is 2.44. The Morgan fingerprint density at radius 1 is 1.09 bits per heavy atom. The van der Waals surface area contributed by atoms with E-state index in [1.165, 1.54) is 22.2 Å². The highest BCUT2D eigenvalue weighted by Crippen LogP contribution is 2.33. The van der Waals surface area contributed by atoms with E-state index in [0.29, 0.717) is 37.4 Å². The van der Waals surface area contributed by atoms with Gasteiger partial charge in [-0.3, -0.25) is 19.2 Å². The number of aliphatic hydroxyl groups is 1. The third-order valence-electron chi connectivity index (χ3n) is 9.04. The molecule has 0 spiro atoms. The second-order valence-corrected chi connectivity index (χ2v) is 13.3. The fraction of sp³-hybridized carbons (Fsp3) is 0.767. The molecule has 1 aromatic rings. The number of unbranched alkanes of at least 4 members (excludes halogenated alkanes) is 1. The van der Waals surface area contributed by atoms with E-state index in [1.54, 1.807) is 13.8 Å². The van der Waals surface area contributed by atoms with E-state index in [4.69, 9.17) is 11.5 Å². The number of halogens is 1. The SMILES string of the molecule is CC(C)(O)c1cnnn1[C@H]1C[C@@H](C(=O)NC(CCCCNC(=O)NC2CC2)C(=O)C(N)=O)N(C(=O)[C@H](N)CC2CCCCC2)C1.Cl. The molecule has 4 rings (SSSR count). The molecule has 1 saturated heterocycles. The Morgan fingerprint density at radius 2 is 1.78 bits per heavy atom. The van der Waals surface area contributed by atoms with Crippen LogP contribution in [0.4, 0.5) is 4.79 Å². The second kappa shape index (κ2) is 16.5. The average Bonchev–Trinajstić information content (AvgIpc) is 3.46. The summed E-state index contributed by atoms with van der Waals surface area (Å²) in [4.78, 5) is 65.4. The Labute approximate surface area is 275 Å². The van der Waals surface area contributed by atoms with Crippen LogP contribution in [0, 0.1) is 5.92 Å². The minimum absolute atomic E-state index is 0. The third kappa shape index (κ3) is 10.1. The number of urea groups is 1. The average molecular weight is 668 g/mol. The van der Waals surface area contributed by atoms with Crippen LogP contribution in [0.25, 0.3) is 0 Å². The number of rotatable bonds is 15. The fourth-order valence-electron chi connectivity index (χ4n) is 6.38. The van der Waals surface area contributed by atoms with Crippen LogP contribution in [0.1, 0.15) is 103 Å². The van der Waals surface area contributed by atoms with Gasteiger partial charge >= 0.3 is 6.03 Å². The van der Waals surface area contributed by atoms with Crippen LogP contribution in [0.3, 0.4) is 0 Å². The Balaban J connectivity index is 0.00000576. The molecule has 15 nitrogen and oxygen atoms in total. The van der Waals surface area contributed by atoms with Crippen LogP contribution in [0.5, 0.6) is 0 Å². The summed E-state index contributed by atoms with van der Waals surface area (Å²) in [5.41, 5.74) is 10.9. The normalized spacial score (nSPS) is 21.5. The van der Waals surface area contributed by atoms with Crippen LogP contribution in [0.2, 0.25) is 0 Å². The smallest absolute Gasteiger partial charge is 0.315 e. The summed E-state index contributed by atoms with van der Waals surface area (Å²) < 4.78 is 1.53. The zero-order chi connectivity index (χ0) is 32.7. The van der Waals surface area contributed by atoms with Crippen LogP contribution in [-0.2, 0) is 24.8 Å². The largest absolute Gasteiger partial charge is 0.384 e. The first-order chi connectivity index (χ1) is 21.3. The molecule has 16 heteroatoms. The lowest BCUT2D eigenvalue weighted by Crippen LogP contribution is -2.55. The van der Waals surface area contributed by atoms with Crippen molar-refractivity contribution in [3.63, 3.8) is 0 Å². The summed E-state index contributed by atoms with van der Waals surface area (Å²) in [5.74, 6) is -2.76. The summed E-state index contributed by atoms with van der Waals surface area (Å²) in [5, 5.41) is 27.0. The minimum atomic E-state index is -1.28. The maximum absolute atomic E-state index is 13.8. The highest BCUT2D eigenvalue weighted by molar-refractivity contribution is 6.37. The number of ketones is 1. The van der Waals surface area contributed by atoms with E-state index in [2.05, 4.69) is 26.3 Å². The second-order valence-electron chi connectivity index (χ2n) is 13.3. The topological polar surface area (TPSA) is 228 Å². The van der Waals surface area contributed by atoms with Gasteiger partial charge in [0.1, 0.15) is 11.6 Å². The number of nitrogens with two attached hydrogens (primary N) is 2. The van der Waals surface area contributed by atoms with Crippen molar-refractivity contribution in [2.75, 3.05) is 13.1 Å². The first-order valence-corrected chi connectivity index (χ1v) is 16.2. The summed E-state index contributed by atoms with van der Waals surface area (Å²) >= 11 is 0. The molecule has 3 aliphatic rings. The number of likely N-dealkylation sites (tertiary alicyclic amines) is 1. The number of carbonyl (C=O) groups excluding carboxylic acids is 5. The molecule has 2 saturated carbocycles. The van der Waals surface area contributed by atoms with Crippen molar-refractivity contribution in [2.24, 2.45) is 17.4 Å². The predicted molar refractivity (Wildman–Crippen MR) is 170 cm³/mol. The standard InChI is InChI=1S/C30H49N9O6.ClH/c1-30(2,45)24-16-34-37-39(24)20-15-23(38(17-20)28(43)21(31)14-18-8-4-3-5-9-18)27(42)36-22(25(40)26(32)41)10-6-7-13-33-29(44)35-19-11-12-19;/h16,18-23,45H,3-15,17,31H2,1-2H3,(H2,32,41)(H,36,42)(H2,33,35,44);1H/t20-,21+,22?,23-;/m0./s1. The monoisotopic (exact) mass is 667 g/mol. The molecule has 3 fully saturated rings. The number of nitrogens with zero attached hydrogens (tertiary/aromatic N) is 4. The molecular weight excluding hydrogens is 618 g/mol. The van der Waals surface area contributed by atoms with Gasteiger partial charge in [0.15, 0.2) is 0 Å². The Morgan fingerprint density at radius 3 is 2.41 bits per heavy atom. The summed E-state index contributed by atoms with van der Waals surface area (Å²) in [6.45, 7) is 3.65. The lowest BCUT2D eigenvalue weighted by Gasteiger charge is -2.30. The molecule has 2 aliphatic carbocycles. The first kappa shape index (κ1) is 37.2. The number of primary amides is 1. The van der Waals surface area contributed by atoms with Crippen molar-refractivity contribution < 1.29 is 29.1 Å². The van der Waals surface area contributed by atoms with Gasteiger partial charge in [-0.15, -0.1) is 17.5 Å². The lowest BCUT2D eigenvalue weighted by molar-refractivity contribution is -0.142. The molecule has 258 valence electrons. The van der Waals surface area contributed by atoms with Gasteiger partial charge < -0.3 is 37.4 Å². The number of aromatic nitrogens is 3. The third-order valence-corrected chi connectivity index (χ3v) is 9.04. The molecule has 5 amide bonds. The van der Waals surface area contributed by atoms with Crippen LogP contribution < -0.4 is 27.4 Å². The van der Waals surface area contributed by atoms with E-state index in [9.17, 15) is 29.1 Å². The molecule has 4 atom stereocenters. The number of nitrogens with one attached hydrogen (secondary N) is 3. The Kier molecular flexibility index (Phi) is 13.3. The van der Waals surface area contributed by atoms with Gasteiger partial charge in [-0.05, 0) is 58.3 Å². The molecule has 0 bridgehead atoms. The van der Waals surface area contributed by atoms with Gasteiger partial charge in [-0.2, -0.15) is 0 Å². The van der Waals surface area contributed by atoms with Gasteiger partial charge in [0.05, 0.1) is 30.0 Å². The molecule has 8 N–H and O–H groups in total. The predicted octanol–water partition coefficient (Wildman–Crippen LogP) is 0.538. The quantitative estimate of drug-likeness (QED) is 0.113. The highest BCUT2D eigenvalue weighted by atomic mass is 35.5. The minimum Gasteiger partial charge on any atom is -0.384 e. The van der Waals surface area contributed by atoms with Gasteiger partial charge in [0, 0.05) is 25.6 Å². The van der Waals surface area contributed by atoms with Crippen molar-refractivity contribution in [3.05, 3.63) is 11.9 Å². The molecule has 46 heavy (non-hydrogen) atoms. The van der Waals surface area contributed by atoms with Gasteiger partial charge in [0.2, 0.25) is 17.6 Å². The van der Waals surface area contributed by atoms with Crippen LogP contribution >= 0.6 is 12.4 Å². The van der Waals surface area contributed by atoms with E-state index >= 15 is 0 Å². The van der Waals surface area contributed by atoms with E-state index in [-0.39, 0.29) is 49.8 Å². The van der Waals surface area contributed by atoms with Crippen LogP contribution in [-0.4, -0.2) is 91.8 Å². The summed E-state index contributed by atoms with van der Waals surface area (Å²) in [7, 11) is 0. The Bertz CT molecular complexity index is 1230. The number of carbonyl (C=O) groups is 5. The van der Waals surface area contributed by atoms with Crippen molar-refractivity contribution in [1.82, 2.24) is 35.8 Å². The van der Waals surface area contributed by atoms with Crippen molar-refractivity contribution >= 4 is 41.9 Å². The Hall–Kier alpha value is -3.30. The number of amides is 5. The first-order valence-electron chi connectivity index (χ1n) is 16.2. The molecule has 1 aliphatic heterocycles. The molecule has 1 aromatic heterocycles. The summed E-state index contributed by atoms with van der Waals surface area (Å²) in [6, 6.07) is -3.52. The van der Waals surface area contributed by atoms with E-state index < -0.39 is 47.4 Å². The lowest BCUT2D eigenvalue weighted by atomic mass is 9.84. The molecule has 2 heterocycles. The molecular formula is C30H50ClN9O6. The van der Waals surface area contributed by atoms with Crippen molar-refractivity contribution in [3.8, 4) is 0 Å². The van der Waals surface area contributed by atoms with E-state index in [1.807, 2.05) is 0 Å². The zero-order valence-corrected chi connectivity index (χ0v) is 27.6. The summed E-state index contributed by atoms with van der Waals surface area (Å²) in [6.07, 6.45) is 10.5. The van der Waals surface area contributed by atoms with Crippen molar-refractivity contribution in [1.29, 1.82) is 0 Å². The number of hydrogen-bond acceptors (Lipinski definition) is 9. The van der Waals surface area contributed by atoms with Gasteiger partial charge in [-0.1, -0.05) is 37.3 Å². The van der Waals surface area contributed by atoms with Gasteiger partial charge in [0.25, 0.3) is 5.91 Å². The zero-order valence-electron chi connectivity index (χ0n) is 26.8. The number of Topliss-reactive ketones (excluding diaryl/α,β-unsaturated/α-hetero) is 1. The van der Waals surface area contributed by atoms with E-state index in [0.717, 1.165) is 38.5 Å². The van der Waals surface area contributed by atoms with Crippen molar-refractivity contribution in [2.45, 2.75) is 127 Å². The fourth-order valence-corrected chi connectivity index (χ4v) is 6.38. The number of hydrogen-bond donors (Lipinski definition) is 6. The molecule has 0 radical (unpaired) electrons. The maximum Gasteiger partial charge on any atom is 0.315 e. The molecule has 1 unspecified atom stereocenters. The molecule has 0 aromatic carbocycles.